The highest BCUT2D eigenvalue weighted by Gasteiger charge is 2.34. The Bertz CT molecular complexity index is 357. The first-order chi connectivity index (χ1) is 7.45. The Kier molecular flexibility index (Phi) is 4.37. The van der Waals surface area contributed by atoms with Crippen LogP contribution in [0.2, 0.25) is 5.15 Å². The number of alkyl halides is 3. The van der Waals surface area contributed by atoms with E-state index >= 15 is 0 Å². The van der Waals surface area contributed by atoms with Gasteiger partial charge in [0.15, 0.2) is 0 Å². The van der Waals surface area contributed by atoms with Gasteiger partial charge in [0.2, 0.25) is 0 Å². The lowest BCUT2D eigenvalue weighted by molar-refractivity contribution is -0.137. The highest BCUT2D eigenvalue weighted by atomic mass is 35.5. The van der Waals surface area contributed by atoms with E-state index in [0.717, 1.165) is 12.3 Å². The zero-order valence-electron chi connectivity index (χ0n) is 8.09. The van der Waals surface area contributed by atoms with Gasteiger partial charge < -0.3 is 9.84 Å². The number of aliphatic hydroxyl groups excluding tert-OH is 1. The highest BCUT2D eigenvalue weighted by molar-refractivity contribution is 6.30. The lowest BCUT2D eigenvalue weighted by Crippen LogP contribution is -2.08. The number of aromatic nitrogens is 1. The SMILES string of the molecule is OCCCOc1cnc(Cl)c(C(F)(F)F)c1. The summed E-state index contributed by atoms with van der Waals surface area (Å²) < 4.78 is 42.1. The zero-order chi connectivity index (χ0) is 12.2. The summed E-state index contributed by atoms with van der Waals surface area (Å²) in [7, 11) is 0. The van der Waals surface area contributed by atoms with E-state index < -0.39 is 16.9 Å². The van der Waals surface area contributed by atoms with Crippen LogP contribution in [-0.2, 0) is 6.18 Å². The molecule has 0 aliphatic heterocycles. The minimum atomic E-state index is -4.56. The monoisotopic (exact) mass is 255 g/mol. The van der Waals surface area contributed by atoms with E-state index in [-0.39, 0.29) is 19.0 Å². The van der Waals surface area contributed by atoms with Crippen molar-refractivity contribution in [1.29, 1.82) is 0 Å². The summed E-state index contributed by atoms with van der Waals surface area (Å²) in [5, 5.41) is 7.87. The maximum Gasteiger partial charge on any atom is 0.419 e. The molecule has 0 saturated heterocycles. The number of rotatable bonds is 4. The van der Waals surface area contributed by atoms with Crippen molar-refractivity contribution in [1.82, 2.24) is 4.98 Å². The van der Waals surface area contributed by atoms with Crippen molar-refractivity contribution in [3.8, 4) is 5.75 Å². The van der Waals surface area contributed by atoms with E-state index in [2.05, 4.69) is 4.98 Å². The highest BCUT2D eigenvalue weighted by Crippen LogP contribution is 2.35. The number of aliphatic hydroxyl groups is 1. The van der Waals surface area contributed by atoms with Gasteiger partial charge in [-0.1, -0.05) is 11.6 Å². The molecule has 0 radical (unpaired) electrons. The van der Waals surface area contributed by atoms with Gasteiger partial charge in [-0.25, -0.2) is 4.98 Å². The van der Waals surface area contributed by atoms with Gasteiger partial charge in [-0.3, -0.25) is 0 Å². The Balaban J connectivity index is 2.82. The Morgan fingerprint density at radius 1 is 1.44 bits per heavy atom. The third kappa shape index (κ3) is 3.53. The molecule has 0 amide bonds. The van der Waals surface area contributed by atoms with Crippen molar-refractivity contribution in [2.45, 2.75) is 12.6 Å². The summed E-state index contributed by atoms with van der Waals surface area (Å²) >= 11 is 5.32. The van der Waals surface area contributed by atoms with E-state index in [1.54, 1.807) is 0 Å². The first-order valence-electron chi connectivity index (χ1n) is 4.41. The van der Waals surface area contributed by atoms with Crippen LogP contribution in [-0.4, -0.2) is 23.3 Å². The zero-order valence-corrected chi connectivity index (χ0v) is 8.85. The fourth-order valence-electron chi connectivity index (χ4n) is 0.961. The van der Waals surface area contributed by atoms with Gasteiger partial charge in [-0.05, 0) is 6.07 Å². The van der Waals surface area contributed by atoms with Crippen LogP contribution >= 0.6 is 11.6 Å². The van der Waals surface area contributed by atoms with E-state index in [0.29, 0.717) is 6.42 Å². The van der Waals surface area contributed by atoms with E-state index in [9.17, 15) is 13.2 Å². The quantitative estimate of drug-likeness (QED) is 0.664. The van der Waals surface area contributed by atoms with Gasteiger partial charge in [0.1, 0.15) is 10.9 Å². The van der Waals surface area contributed by atoms with Gasteiger partial charge >= 0.3 is 6.18 Å². The molecule has 0 bridgehead atoms. The van der Waals surface area contributed by atoms with Crippen molar-refractivity contribution >= 4 is 11.6 Å². The van der Waals surface area contributed by atoms with E-state index in [1.165, 1.54) is 0 Å². The second-order valence-corrected chi connectivity index (χ2v) is 3.29. The molecule has 16 heavy (non-hydrogen) atoms. The molecule has 0 spiro atoms. The number of nitrogens with zero attached hydrogens (tertiary/aromatic N) is 1. The van der Waals surface area contributed by atoms with Gasteiger partial charge in [-0.2, -0.15) is 13.2 Å². The average Bonchev–Trinajstić information content (AvgIpc) is 2.19. The number of hydrogen-bond donors (Lipinski definition) is 1. The Morgan fingerprint density at radius 3 is 2.69 bits per heavy atom. The molecule has 1 aromatic heterocycles. The van der Waals surface area contributed by atoms with E-state index in [4.69, 9.17) is 21.4 Å². The van der Waals surface area contributed by atoms with Crippen LogP contribution in [0.5, 0.6) is 5.75 Å². The van der Waals surface area contributed by atoms with Crippen molar-refractivity contribution in [3.63, 3.8) is 0 Å². The second kappa shape index (κ2) is 5.36. The molecule has 1 N–H and O–H groups in total. The average molecular weight is 256 g/mol. The predicted octanol–water partition coefficient (Wildman–Crippen LogP) is 2.52. The van der Waals surface area contributed by atoms with Crippen LogP contribution in [0.25, 0.3) is 0 Å². The molecule has 0 aliphatic carbocycles. The normalized spacial score (nSPS) is 11.6. The molecule has 90 valence electrons. The number of pyridine rings is 1. The number of ether oxygens (including phenoxy) is 1. The largest absolute Gasteiger partial charge is 0.492 e. The van der Waals surface area contributed by atoms with Gasteiger partial charge in [0.05, 0.1) is 18.4 Å². The first kappa shape index (κ1) is 13.1. The minimum Gasteiger partial charge on any atom is -0.492 e. The molecule has 0 atom stereocenters. The Labute approximate surface area is 94.8 Å². The van der Waals surface area contributed by atoms with Crippen molar-refractivity contribution < 1.29 is 23.0 Å². The van der Waals surface area contributed by atoms with Crippen LogP contribution in [0.4, 0.5) is 13.2 Å². The molecule has 0 aromatic carbocycles. The smallest absolute Gasteiger partial charge is 0.419 e. The summed E-state index contributed by atoms with van der Waals surface area (Å²) in [5.74, 6) is -0.0230. The third-order valence-corrected chi connectivity index (χ3v) is 1.99. The third-order valence-electron chi connectivity index (χ3n) is 1.69. The predicted molar refractivity (Wildman–Crippen MR) is 51.4 cm³/mol. The van der Waals surface area contributed by atoms with Gasteiger partial charge in [0, 0.05) is 13.0 Å². The lowest BCUT2D eigenvalue weighted by Gasteiger charge is -2.10. The summed E-state index contributed by atoms with van der Waals surface area (Å²) in [6.45, 7) is 0.0320. The number of halogens is 4. The Morgan fingerprint density at radius 2 is 2.12 bits per heavy atom. The number of hydrogen-bond acceptors (Lipinski definition) is 3. The molecule has 0 aliphatic rings. The summed E-state index contributed by atoms with van der Waals surface area (Å²) in [4.78, 5) is 3.38. The molecule has 1 rings (SSSR count). The summed E-state index contributed by atoms with van der Waals surface area (Å²) in [5.41, 5.74) is -1.03. The van der Waals surface area contributed by atoms with Crippen molar-refractivity contribution in [2.24, 2.45) is 0 Å². The van der Waals surface area contributed by atoms with Crippen molar-refractivity contribution in [2.75, 3.05) is 13.2 Å². The molecule has 0 fully saturated rings. The molecule has 3 nitrogen and oxygen atoms in total. The topological polar surface area (TPSA) is 42.4 Å². The van der Waals surface area contributed by atoms with Gasteiger partial charge in [0.25, 0.3) is 0 Å². The van der Waals surface area contributed by atoms with Crippen LogP contribution in [0.15, 0.2) is 12.3 Å². The van der Waals surface area contributed by atoms with E-state index in [1.807, 2.05) is 0 Å². The maximum absolute atomic E-state index is 12.4. The standard InChI is InChI=1S/C9H9ClF3NO2/c10-8-7(9(11,12)13)4-6(5-14-8)16-3-1-2-15/h4-5,15H,1-3H2. The van der Waals surface area contributed by atoms with Crippen LogP contribution in [0, 0.1) is 0 Å². The first-order valence-corrected chi connectivity index (χ1v) is 4.79. The lowest BCUT2D eigenvalue weighted by atomic mass is 10.2. The molecule has 0 saturated carbocycles. The van der Waals surface area contributed by atoms with Crippen LogP contribution < -0.4 is 4.74 Å². The van der Waals surface area contributed by atoms with Crippen LogP contribution in [0.1, 0.15) is 12.0 Å². The fourth-order valence-corrected chi connectivity index (χ4v) is 1.17. The molecule has 0 unspecified atom stereocenters. The molecule has 7 heteroatoms. The molecule has 1 heterocycles. The maximum atomic E-state index is 12.4. The summed E-state index contributed by atoms with van der Waals surface area (Å²) in [6, 6.07) is 0.784. The van der Waals surface area contributed by atoms with Gasteiger partial charge in [-0.15, -0.1) is 0 Å². The molecular formula is C9H9ClF3NO2. The fraction of sp³-hybridized carbons (Fsp3) is 0.444. The minimum absolute atomic E-state index is 0.0230. The molecule has 1 aromatic rings. The van der Waals surface area contributed by atoms with Crippen molar-refractivity contribution in [3.05, 3.63) is 23.0 Å². The van der Waals surface area contributed by atoms with Crippen LogP contribution in [0.3, 0.4) is 0 Å². The summed E-state index contributed by atoms with van der Waals surface area (Å²) in [6.07, 6.45) is -3.11. The Hall–Kier alpha value is -1.01. The molecular weight excluding hydrogens is 247 g/mol. The second-order valence-electron chi connectivity index (χ2n) is 2.93.